The number of ether oxygens (including phenoxy) is 2. The summed E-state index contributed by atoms with van der Waals surface area (Å²) in [4.78, 5) is 21.2. The molecule has 0 aromatic heterocycles. The van der Waals surface area contributed by atoms with Gasteiger partial charge in [0.15, 0.2) is 5.76 Å². The zero-order valence-corrected chi connectivity index (χ0v) is 21.9. The molecule has 40 heavy (non-hydrogen) atoms. The molecule has 1 heterocycles. The number of hydrogen-bond acceptors (Lipinski definition) is 8. The highest BCUT2D eigenvalue weighted by molar-refractivity contribution is 8.00. The van der Waals surface area contributed by atoms with Crippen LogP contribution in [0.1, 0.15) is 34.6 Å². The Morgan fingerprint density at radius 1 is 0.725 bits per heavy atom. The Balaban J connectivity index is 1.71. The lowest BCUT2D eigenvalue weighted by molar-refractivity contribution is -0.385. The van der Waals surface area contributed by atoms with Crippen LogP contribution in [-0.2, 0) is 19.3 Å². The maximum atomic E-state index is 14.2. The number of benzene rings is 4. The number of sulfone groups is 1. The van der Waals surface area contributed by atoms with E-state index < -0.39 is 32.1 Å². The maximum absolute atomic E-state index is 14.2. The Kier molecular flexibility index (Phi) is 7.16. The SMILES string of the molecule is Cc1ccc(S(=O)(=O)/C(=C2/O[C@H](c3ccc([N+](=O)[O-])cc3)O[C@@H]2c2ccc([N+](=O)[O-])cc2)c2ccccc2)cc1. The molecule has 1 saturated heterocycles. The molecule has 1 aliphatic heterocycles. The monoisotopic (exact) mass is 558 g/mol. The summed E-state index contributed by atoms with van der Waals surface area (Å²) >= 11 is 0. The lowest BCUT2D eigenvalue weighted by atomic mass is 10.1. The first-order valence-electron chi connectivity index (χ1n) is 12.1. The average Bonchev–Trinajstić information content (AvgIpc) is 3.38. The molecule has 10 nitrogen and oxygen atoms in total. The predicted octanol–water partition coefficient (Wildman–Crippen LogP) is 6.44. The van der Waals surface area contributed by atoms with Crippen LogP contribution in [0.2, 0.25) is 0 Å². The van der Waals surface area contributed by atoms with Crippen molar-refractivity contribution in [2.45, 2.75) is 24.2 Å². The first kappa shape index (κ1) is 26.7. The van der Waals surface area contributed by atoms with Crippen molar-refractivity contribution in [1.82, 2.24) is 0 Å². The van der Waals surface area contributed by atoms with E-state index in [1.807, 2.05) is 6.92 Å². The minimum absolute atomic E-state index is 0.0102. The van der Waals surface area contributed by atoms with E-state index >= 15 is 0 Å². The summed E-state index contributed by atoms with van der Waals surface area (Å²) in [6.07, 6.45) is -2.17. The van der Waals surface area contributed by atoms with Crippen LogP contribution in [0.25, 0.3) is 4.91 Å². The molecule has 0 radical (unpaired) electrons. The van der Waals surface area contributed by atoms with Gasteiger partial charge in [0, 0.05) is 29.8 Å². The molecule has 0 aliphatic carbocycles. The largest absolute Gasteiger partial charge is 0.460 e. The molecule has 0 saturated carbocycles. The third-order valence-corrected chi connectivity index (χ3v) is 8.24. The Labute approximate surface area is 229 Å². The Morgan fingerprint density at radius 3 is 1.77 bits per heavy atom. The van der Waals surface area contributed by atoms with Gasteiger partial charge in [-0.3, -0.25) is 20.2 Å². The van der Waals surface area contributed by atoms with Crippen LogP contribution in [0, 0.1) is 27.2 Å². The number of rotatable bonds is 7. The van der Waals surface area contributed by atoms with Crippen molar-refractivity contribution < 1.29 is 27.7 Å². The summed E-state index contributed by atoms with van der Waals surface area (Å²) in [5.74, 6) is -0.0102. The van der Waals surface area contributed by atoms with Crippen LogP contribution in [0.4, 0.5) is 11.4 Å². The van der Waals surface area contributed by atoms with E-state index in [2.05, 4.69) is 0 Å². The topological polar surface area (TPSA) is 139 Å². The molecular formula is C29H22N2O8S. The summed E-state index contributed by atoms with van der Waals surface area (Å²) in [5.41, 5.74) is 1.82. The average molecular weight is 559 g/mol. The first-order chi connectivity index (χ1) is 19.1. The number of aryl methyl sites for hydroxylation is 1. The highest BCUT2D eigenvalue weighted by Gasteiger charge is 2.41. The minimum Gasteiger partial charge on any atom is -0.460 e. The standard InChI is InChI=1S/C29H22N2O8S/c1-19-7-17-25(18-8-19)40(36,37)28(21-5-3-2-4-6-21)27-26(20-9-13-23(14-10-20)30(32)33)38-29(39-27)22-11-15-24(16-12-22)31(34)35/h2-18,26,29H,1H3/b28-27+/t26-,29-/m1/s1. The van der Waals surface area contributed by atoms with Gasteiger partial charge in [0.25, 0.3) is 11.4 Å². The van der Waals surface area contributed by atoms with Crippen molar-refractivity contribution >= 4 is 26.1 Å². The van der Waals surface area contributed by atoms with Crippen LogP contribution in [0.15, 0.2) is 114 Å². The molecule has 5 rings (SSSR count). The van der Waals surface area contributed by atoms with Gasteiger partial charge in [-0.15, -0.1) is 0 Å². The van der Waals surface area contributed by atoms with Crippen LogP contribution in [0.5, 0.6) is 0 Å². The van der Waals surface area contributed by atoms with Crippen LogP contribution >= 0.6 is 0 Å². The van der Waals surface area contributed by atoms with Crippen molar-refractivity contribution in [2.75, 3.05) is 0 Å². The van der Waals surface area contributed by atoms with Crippen molar-refractivity contribution in [3.63, 3.8) is 0 Å². The van der Waals surface area contributed by atoms with Gasteiger partial charge in [-0.25, -0.2) is 8.42 Å². The first-order valence-corrected chi connectivity index (χ1v) is 13.6. The zero-order valence-electron chi connectivity index (χ0n) is 21.0. The number of nitro groups is 2. The molecule has 0 unspecified atom stereocenters. The second-order valence-electron chi connectivity index (χ2n) is 9.04. The smallest absolute Gasteiger partial charge is 0.269 e. The number of nitro benzene ring substituents is 2. The number of nitrogens with zero attached hydrogens (tertiary/aromatic N) is 2. The number of non-ortho nitro benzene ring substituents is 2. The molecule has 0 N–H and O–H groups in total. The predicted molar refractivity (Wildman–Crippen MR) is 146 cm³/mol. The van der Waals surface area contributed by atoms with Gasteiger partial charge < -0.3 is 9.47 Å². The van der Waals surface area contributed by atoms with Crippen molar-refractivity contribution in [3.8, 4) is 0 Å². The lowest BCUT2D eigenvalue weighted by Crippen LogP contribution is -2.10. The molecule has 2 atom stereocenters. The van der Waals surface area contributed by atoms with Gasteiger partial charge in [-0.1, -0.05) is 48.0 Å². The van der Waals surface area contributed by atoms with E-state index in [1.54, 1.807) is 42.5 Å². The molecule has 0 bridgehead atoms. The van der Waals surface area contributed by atoms with Crippen LogP contribution in [0.3, 0.4) is 0 Å². The fourth-order valence-electron chi connectivity index (χ4n) is 4.32. The van der Waals surface area contributed by atoms with Crippen molar-refractivity contribution in [1.29, 1.82) is 0 Å². The molecule has 0 amide bonds. The maximum Gasteiger partial charge on any atom is 0.269 e. The third kappa shape index (κ3) is 5.20. The highest BCUT2D eigenvalue weighted by atomic mass is 32.2. The Hall–Kier alpha value is -4.87. The summed E-state index contributed by atoms with van der Waals surface area (Å²) in [6, 6.07) is 25.9. The highest BCUT2D eigenvalue weighted by Crippen LogP contribution is 2.48. The second-order valence-corrected chi connectivity index (χ2v) is 10.9. The summed E-state index contributed by atoms with van der Waals surface area (Å²) in [7, 11) is -4.16. The van der Waals surface area contributed by atoms with E-state index in [4.69, 9.17) is 9.47 Å². The normalized spacial score (nSPS) is 18.1. The summed E-state index contributed by atoms with van der Waals surface area (Å²) in [6.45, 7) is 1.85. The van der Waals surface area contributed by atoms with E-state index in [0.717, 1.165) is 5.56 Å². The molecule has 1 fully saturated rings. The van der Waals surface area contributed by atoms with Gasteiger partial charge in [-0.2, -0.15) is 0 Å². The molecule has 1 aliphatic rings. The Morgan fingerprint density at radius 2 is 1.25 bits per heavy atom. The molecule has 4 aromatic carbocycles. The van der Waals surface area contributed by atoms with Crippen LogP contribution < -0.4 is 0 Å². The lowest BCUT2D eigenvalue weighted by Gasteiger charge is -2.16. The van der Waals surface area contributed by atoms with E-state index in [9.17, 15) is 28.6 Å². The molecule has 11 heteroatoms. The van der Waals surface area contributed by atoms with Crippen molar-refractivity contribution in [2.24, 2.45) is 0 Å². The molecular weight excluding hydrogens is 536 g/mol. The zero-order chi connectivity index (χ0) is 28.4. The van der Waals surface area contributed by atoms with Crippen molar-refractivity contribution in [3.05, 3.63) is 151 Å². The van der Waals surface area contributed by atoms with Gasteiger partial charge in [-0.05, 0) is 54.4 Å². The second kappa shape index (κ2) is 10.7. The van der Waals surface area contributed by atoms with Gasteiger partial charge in [0.2, 0.25) is 16.1 Å². The molecule has 202 valence electrons. The fraction of sp³-hybridized carbons (Fsp3) is 0.103. The van der Waals surface area contributed by atoms with Gasteiger partial charge in [0.1, 0.15) is 11.0 Å². The minimum atomic E-state index is -4.16. The van der Waals surface area contributed by atoms with E-state index in [1.165, 1.54) is 60.7 Å². The summed E-state index contributed by atoms with van der Waals surface area (Å²) < 4.78 is 40.7. The quantitative estimate of drug-likeness (QED) is 0.186. The third-order valence-electron chi connectivity index (χ3n) is 6.37. The Bertz CT molecular complexity index is 1700. The number of hydrogen-bond donors (Lipinski definition) is 0. The van der Waals surface area contributed by atoms with Crippen LogP contribution in [-0.4, -0.2) is 18.3 Å². The van der Waals surface area contributed by atoms with Gasteiger partial charge in [0.05, 0.1) is 14.7 Å². The van der Waals surface area contributed by atoms with Gasteiger partial charge >= 0.3 is 0 Å². The molecule has 4 aromatic rings. The van der Waals surface area contributed by atoms with E-state index in [0.29, 0.717) is 16.7 Å². The molecule has 0 spiro atoms. The fourth-order valence-corrected chi connectivity index (χ4v) is 5.91. The van der Waals surface area contributed by atoms with E-state index in [-0.39, 0.29) is 26.9 Å². The summed E-state index contributed by atoms with van der Waals surface area (Å²) in [5, 5.41) is 22.4.